The molecule has 8 aromatic carbocycles. The maximum absolute atomic E-state index is 6.10. The Morgan fingerprint density at radius 3 is 0.673 bits per heavy atom. The molecule has 0 unspecified atom stereocenters. The molecule has 9 heteroatoms. The molecule has 502 valence electrons. The van der Waals surface area contributed by atoms with Crippen LogP contribution in [0.15, 0.2) is 315 Å². The van der Waals surface area contributed by atoms with Crippen LogP contribution in [0, 0.1) is 0 Å². The summed E-state index contributed by atoms with van der Waals surface area (Å²) in [6.45, 7) is 0. The van der Waals surface area contributed by atoms with E-state index in [0.29, 0.717) is 12.8 Å². The van der Waals surface area contributed by atoms with Gasteiger partial charge in [-0.15, -0.1) is 11.3 Å². The van der Waals surface area contributed by atoms with E-state index in [1.807, 2.05) is 11.3 Å². The summed E-state index contributed by atoms with van der Waals surface area (Å²) in [5.74, 6) is 0. The first-order valence-electron chi connectivity index (χ1n) is 36.5. The van der Waals surface area contributed by atoms with Gasteiger partial charge in [0.2, 0.25) is 0 Å². The van der Waals surface area contributed by atoms with Gasteiger partial charge < -0.3 is 19.9 Å². The molecular weight excluding hydrogens is 1320 g/mol. The van der Waals surface area contributed by atoms with Gasteiger partial charge >= 0.3 is 0 Å². The average Bonchev–Trinajstić information content (AvgIpc) is 1.57. The molecule has 2 aliphatic carbocycles. The van der Waals surface area contributed by atoms with E-state index in [1.54, 1.807) is 0 Å². The van der Waals surface area contributed by atoms with Crippen LogP contribution >= 0.6 is 11.3 Å². The highest BCUT2D eigenvalue weighted by molar-refractivity contribution is 7.14. The molecule has 21 rings (SSSR count). The van der Waals surface area contributed by atoms with Gasteiger partial charge in [0.15, 0.2) is 0 Å². The highest BCUT2D eigenvalue weighted by atomic mass is 32.1. The molecule has 107 heavy (non-hydrogen) atoms. The van der Waals surface area contributed by atoms with Crippen LogP contribution in [-0.2, 0) is 0 Å². The lowest BCUT2D eigenvalue weighted by Crippen LogP contribution is -1.91. The molecule has 0 amide bonds. The highest BCUT2D eigenvalue weighted by Gasteiger charge is 2.37. The van der Waals surface area contributed by atoms with E-state index in [0.717, 1.165) is 201 Å². The van der Waals surface area contributed by atoms with Crippen molar-refractivity contribution in [1.29, 1.82) is 0 Å². The van der Waals surface area contributed by atoms with Crippen LogP contribution in [0.1, 0.15) is 68.1 Å². The maximum atomic E-state index is 6.10. The van der Waals surface area contributed by atoms with Crippen LogP contribution < -0.4 is 0 Å². The molecular formula is C98H64N8S. The van der Waals surface area contributed by atoms with Crippen molar-refractivity contribution in [2.75, 3.05) is 0 Å². The number of hydrogen-bond acceptors (Lipinski definition) is 5. The first kappa shape index (κ1) is 61.8. The Morgan fingerprint density at radius 2 is 0.430 bits per heavy atom. The molecule has 0 atom stereocenters. The van der Waals surface area contributed by atoms with E-state index in [4.69, 9.17) is 19.9 Å². The summed E-state index contributed by atoms with van der Waals surface area (Å²) >= 11 is 1.87. The largest absolute Gasteiger partial charge is 0.354 e. The Hall–Kier alpha value is -13.9. The molecule has 6 aliphatic rings. The van der Waals surface area contributed by atoms with E-state index in [2.05, 4.69) is 360 Å². The molecule has 4 aliphatic heterocycles. The predicted molar refractivity (Wildman–Crippen MR) is 446 cm³/mol. The van der Waals surface area contributed by atoms with E-state index in [9.17, 15) is 0 Å². The zero-order valence-electron chi connectivity index (χ0n) is 57.9. The first-order chi connectivity index (χ1) is 53.1. The molecule has 8 nitrogen and oxygen atoms in total. The summed E-state index contributed by atoms with van der Waals surface area (Å²) in [4.78, 5) is 41.9. The van der Waals surface area contributed by atoms with Crippen LogP contribution in [0.4, 0.5) is 0 Å². The maximum Gasteiger partial charge on any atom is 0.0819 e. The first-order valence-corrected chi connectivity index (χ1v) is 37.3. The molecule has 0 saturated carbocycles. The van der Waals surface area contributed by atoms with Gasteiger partial charge in [-0.2, -0.15) is 0 Å². The average molecular weight is 1390 g/mol. The van der Waals surface area contributed by atoms with Crippen molar-refractivity contribution in [2.24, 2.45) is 0 Å². The minimum absolute atomic E-state index is 0.701. The van der Waals surface area contributed by atoms with Crippen molar-refractivity contribution >= 4 is 113 Å². The smallest absolute Gasteiger partial charge is 0.0819 e. The van der Waals surface area contributed by atoms with Gasteiger partial charge in [-0.05, 0) is 153 Å². The van der Waals surface area contributed by atoms with Gasteiger partial charge in [0.1, 0.15) is 0 Å². The number of hydrogen-bond donors (Lipinski definition) is 4. The van der Waals surface area contributed by atoms with Gasteiger partial charge in [0.25, 0.3) is 0 Å². The van der Waals surface area contributed by atoms with Crippen molar-refractivity contribution < 1.29 is 0 Å². The number of nitrogens with one attached hydrogen (secondary N) is 4. The summed E-state index contributed by atoms with van der Waals surface area (Å²) in [7, 11) is 0. The SMILES string of the molecule is C1=Cc2nc1c(-c1ccccc1)c1ccc([nH]1)c(-c1ccccc1)c1nc(c(-c3ccccc3)c3ccc([nH]3)c2-c2ccccc2)C2=C(c3ccc(C4=C5C(=CC4)c4nc5c(-c5ccccc5)c5ccc([nH]5)c(-c5ccccc5)c5nc(c(-c6ccccc6)c6ccc([nH]6)c4-c4ccccc4)C=C5)s3)CC=C21. The van der Waals surface area contributed by atoms with Crippen molar-refractivity contribution in [3.05, 3.63) is 371 Å². The summed E-state index contributed by atoms with van der Waals surface area (Å²) < 4.78 is 0. The second-order valence-corrected chi connectivity index (χ2v) is 28.7. The van der Waals surface area contributed by atoms with Crippen LogP contribution in [-0.4, -0.2) is 39.9 Å². The lowest BCUT2D eigenvalue weighted by Gasteiger charge is -2.10. The fourth-order valence-corrected chi connectivity index (χ4v) is 17.9. The lowest BCUT2D eigenvalue weighted by molar-refractivity contribution is 1.30. The monoisotopic (exact) mass is 1380 g/mol. The van der Waals surface area contributed by atoms with E-state index >= 15 is 0 Å². The molecule has 15 aromatic rings. The number of aromatic amines is 4. The van der Waals surface area contributed by atoms with Crippen molar-refractivity contribution in [1.82, 2.24) is 39.9 Å². The third-order valence-electron chi connectivity index (χ3n) is 21.4. The standard InChI is InChI=1S/C98H64N8S/c1-9-25-59(26-10-1)85-71-45-47-73(99-71)87(61-29-13-3-14-30-61)77-51-55-81(103-77)91(65-37-21-7-22-38-65)97-93-67(41-43-69(93)95(105-97)89(63-33-17-5-18-34-63)79-53-49-75(85)101-79)83-57-58-84(107-83)68-42-44-70-94(68)98-92(66-39-23-8-24-40-66)82-56-52-78(104-82)88(62-31-15-4-16-32-62)74-48-46-72(100-74)86(60-27-11-2-12-28-60)76-50-54-80(102-76)90(96(70)106-98)64-35-19-6-20-36-64/h1-40,43-58,101-104H,41-42H2. The van der Waals surface area contributed by atoms with Crippen LogP contribution in [0.5, 0.6) is 0 Å². The Balaban J connectivity index is 0.833. The molecule has 11 heterocycles. The van der Waals surface area contributed by atoms with Gasteiger partial charge in [-0.3, -0.25) is 0 Å². The fourth-order valence-electron chi connectivity index (χ4n) is 16.7. The van der Waals surface area contributed by atoms with Gasteiger partial charge in [0.05, 0.1) is 45.6 Å². The number of nitrogens with zero attached hydrogens (tertiary/aromatic N) is 4. The quantitative estimate of drug-likeness (QED) is 0.109. The summed E-state index contributed by atoms with van der Waals surface area (Å²) in [6, 6.07) is 108. The number of fused-ring (bicyclic) bond motifs is 22. The topological polar surface area (TPSA) is 115 Å². The molecule has 0 radical (unpaired) electrons. The lowest BCUT2D eigenvalue weighted by atomic mass is 9.93. The van der Waals surface area contributed by atoms with E-state index in [-0.39, 0.29) is 0 Å². The van der Waals surface area contributed by atoms with Crippen LogP contribution in [0.3, 0.4) is 0 Å². The Labute approximate surface area is 621 Å². The third kappa shape index (κ3) is 10.5. The zero-order chi connectivity index (χ0) is 70.5. The molecule has 7 aromatic heterocycles. The fraction of sp³-hybridized carbons (Fsp3) is 0.0204. The number of benzene rings is 8. The second-order valence-electron chi connectivity index (χ2n) is 27.6. The molecule has 4 N–H and O–H groups in total. The van der Waals surface area contributed by atoms with Gasteiger partial charge in [-0.25, -0.2) is 19.9 Å². The number of H-pyrrole nitrogens is 4. The third-order valence-corrected chi connectivity index (χ3v) is 22.6. The zero-order valence-corrected chi connectivity index (χ0v) is 58.8. The Morgan fingerprint density at radius 1 is 0.215 bits per heavy atom. The van der Waals surface area contributed by atoms with E-state index < -0.39 is 0 Å². The number of rotatable bonds is 10. The number of allylic oxidation sites excluding steroid dienone is 8. The normalized spacial score (nSPS) is 13.5. The van der Waals surface area contributed by atoms with E-state index in [1.165, 1.54) is 20.9 Å². The second kappa shape index (κ2) is 25.5. The minimum Gasteiger partial charge on any atom is -0.354 e. The Bertz CT molecular complexity index is 6320. The number of thiophene rings is 1. The Kier molecular flexibility index (Phi) is 14.7. The van der Waals surface area contributed by atoms with Crippen LogP contribution in [0.2, 0.25) is 0 Å². The minimum atomic E-state index is 0.701. The van der Waals surface area contributed by atoms with Gasteiger partial charge in [-0.1, -0.05) is 255 Å². The molecule has 0 fully saturated rings. The molecule has 0 saturated heterocycles. The number of aromatic nitrogens is 8. The molecule has 0 spiro atoms. The summed E-state index contributed by atoms with van der Waals surface area (Å²) in [5.41, 5.74) is 38.4. The van der Waals surface area contributed by atoms with Crippen molar-refractivity contribution in [3.63, 3.8) is 0 Å². The van der Waals surface area contributed by atoms with Crippen molar-refractivity contribution in [2.45, 2.75) is 12.8 Å². The predicted octanol–water partition coefficient (Wildman–Crippen LogP) is 25.5. The summed E-state index contributed by atoms with van der Waals surface area (Å²) in [6.07, 6.45) is 14.9. The molecule has 16 bridgehead atoms. The summed E-state index contributed by atoms with van der Waals surface area (Å²) in [5, 5.41) is 0. The highest BCUT2D eigenvalue weighted by Crippen LogP contribution is 2.57. The van der Waals surface area contributed by atoms with Crippen LogP contribution in [0.25, 0.3) is 191 Å². The van der Waals surface area contributed by atoms with Crippen molar-refractivity contribution in [3.8, 4) is 89.0 Å². The van der Waals surface area contributed by atoms with Gasteiger partial charge in [0, 0.05) is 121 Å².